The monoisotopic (exact) mass is 228 g/mol. The third-order valence-electron chi connectivity index (χ3n) is 3.36. The molecule has 1 nitrogen and oxygen atoms in total. The maximum Gasteiger partial charge on any atom is 0.0456 e. The highest BCUT2D eigenvalue weighted by Crippen LogP contribution is 2.13. The van der Waals surface area contributed by atoms with Crippen LogP contribution in [0.25, 0.3) is 0 Å². The molecule has 16 heavy (non-hydrogen) atoms. The molecule has 1 N–H and O–H groups in total. The lowest BCUT2D eigenvalue weighted by atomic mass is 10.0. The Balaban J connectivity index is 2.93. The highest BCUT2D eigenvalue weighted by molar-refractivity contribution is 4.52. The predicted molar refractivity (Wildman–Crippen MR) is 72.7 cm³/mol. The minimum atomic E-state index is 0.359. The lowest BCUT2D eigenvalue weighted by molar-refractivity contribution is 0.227. The van der Waals surface area contributed by atoms with Gasteiger partial charge < -0.3 is 5.11 Å². The third kappa shape index (κ3) is 12.0. The summed E-state index contributed by atoms with van der Waals surface area (Å²) in [5.74, 6) is 0.508. The van der Waals surface area contributed by atoms with Crippen LogP contribution in [0.3, 0.4) is 0 Å². The Morgan fingerprint density at radius 1 is 0.750 bits per heavy atom. The number of rotatable bonds is 12. The fraction of sp³-hybridized carbons (Fsp3) is 1.00. The van der Waals surface area contributed by atoms with Crippen molar-refractivity contribution in [2.75, 3.05) is 6.61 Å². The summed E-state index contributed by atoms with van der Waals surface area (Å²) in [5.41, 5.74) is 0. The van der Waals surface area contributed by atoms with Crippen molar-refractivity contribution in [2.24, 2.45) is 5.92 Å². The lowest BCUT2D eigenvalue weighted by Gasteiger charge is -2.06. The molecule has 0 saturated carbocycles. The summed E-state index contributed by atoms with van der Waals surface area (Å²) in [5, 5.41) is 8.88. The molecule has 0 rings (SSSR count). The van der Waals surface area contributed by atoms with Crippen molar-refractivity contribution in [3.8, 4) is 0 Å². The van der Waals surface area contributed by atoms with Crippen molar-refractivity contribution in [1.29, 1.82) is 0 Å². The Labute approximate surface area is 103 Å². The third-order valence-corrected chi connectivity index (χ3v) is 3.36. The number of hydrogen-bond acceptors (Lipinski definition) is 1. The van der Waals surface area contributed by atoms with E-state index < -0.39 is 0 Å². The van der Waals surface area contributed by atoms with Crippen molar-refractivity contribution < 1.29 is 5.11 Å². The van der Waals surface area contributed by atoms with E-state index in [1.807, 2.05) is 0 Å². The van der Waals surface area contributed by atoms with Gasteiger partial charge in [0.2, 0.25) is 0 Å². The van der Waals surface area contributed by atoms with E-state index in [1.54, 1.807) is 0 Å². The van der Waals surface area contributed by atoms with Gasteiger partial charge in [0.05, 0.1) is 0 Å². The number of aliphatic hydroxyl groups excluding tert-OH is 1. The van der Waals surface area contributed by atoms with Gasteiger partial charge in [0.15, 0.2) is 0 Å². The van der Waals surface area contributed by atoms with Gasteiger partial charge in [-0.15, -0.1) is 0 Å². The van der Waals surface area contributed by atoms with Crippen LogP contribution in [0.4, 0.5) is 0 Å². The molecule has 0 aromatic heterocycles. The van der Waals surface area contributed by atoms with Gasteiger partial charge in [0, 0.05) is 6.61 Å². The molecule has 0 aliphatic heterocycles. The maximum absolute atomic E-state index is 8.88. The van der Waals surface area contributed by atoms with Crippen LogP contribution >= 0.6 is 0 Å². The average molecular weight is 228 g/mol. The number of hydrogen-bond donors (Lipinski definition) is 1. The van der Waals surface area contributed by atoms with Crippen molar-refractivity contribution in [1.82, 2.24) is 0 Å². The highest BCUT2D eigenvalue weighted by Gasteiger charge is 1.98. The Bertz CT molecular complexity index is 123. The van der Waals surface area contributed by atoms with E-state index in [0.29, 0.717) is 12.5 Å². The zero-order valence-corrected chi connectivity index (χ0v) is 11.5. The molecule has 0 unspecified atom stereocenters. The Kier molecular flexibility index (Phi) is 13.0. The van der Waals surface area contributed by atoms with Crippen molar-refractivity contribution in [2.45, 2.75) is 84.5 Å². The van der Waals surface area contributed by atoms with Gasteiger partial charge in [-0.1, -0.05) is 78.1 Å². The first-order valence-corrected chi connectivity index (χ1v) is 7.42. The molecule has 0 aromatic rings. The Morgan fingerprint density at radius 3 is 1.62 bits per heavy atom. The first-order valence-electron chi connectivity index (χ1n) is 7.42. The van der Waals surface area contributed by atoms with Crippen LogP contribution in [-0.2, 0) is 0 Å². The summed E-state index contributed by atoms with van der Waals surface area (Å²) >= 11 is 0. The Morgan fingerprint density at radius 2 is 1.19 bits per heavy atom. The second-order valence-electron chi connectivity index (χ2n) is 5.26. The smallest absolute Gasteiger partial charge is 0.0456 e. The first kappa shape index (κ1) is 16.0. The van der Waals surface area contributed by atoms with Gasteiger partial charge in [-0.25, -0.2) is 0 Å². The SMILES string of the molecule is CCCCCCCCCCCC[C@H](C)CO. The minimum absolute atomic E-state index is 0.359. The van der Waals surface area contributed by atoms with Crippen LogP contribution in [-0.4, -0.2) is 11.7 Å². The molecule has 0 heterocycles. The molecule has 0 aliphatic carbocycles. The molecule has 0 amide bonds. The van der Waals surface area contributed by atoms with Crippen LogP contribution in [0.2, 0.25) is 0 Å². The molecular formula is C15H32O. The molecule has 0 aliphatic rings. The zero-order chi connectivity index (χ0) is 12.1. The molecule has 0 saturated heterocycles. The molecule has 0 spiro atoms. The van der Waals surface area contributed by atoms with E-state index in [2.05, 4.69) is 13.8 Å². The lowest BCUT2D eigenvalue weighted by Crippen LogP contribution is -1.99. The number of aliphatic hydroxyl groups is 1. The van der Waals surface area contributed by atoms with Crippen LogP contribution in [0.15, 0.2) is 0 Å². The molecule has 0 fully saturated rings. The summed E-state index contributed by atoms with van der Waals surface area (Å²) in [6, 6.07) is 0. The van der Waals surface area contributed by atoms with E-state index in [0.717, 1.165) is 0 Å². The van der Waals surface area contributed by atoms with Crippen LogP contribution < -0.4 is 0 Å². The molecule has 98 valence electrons. The van der Waals surface area contributed by atoms with E-state index in [9.17, 15) is 0 Å². The summed E-state index contributed by atoms with van der Waals surface area (Å²) in [6.45, 7) is 4.76. The quantitative estimate of drug-likeness (QED) is 0.470. The number of unbranched alkanes of at least 4 members (excludes halogenated alkanes) is 9. The second kappa shape index (κ2) is 13.0. The molecule has 1 atom stereocenters. The van der Waals surface area contributed by atoms with Gasteiger partial charge in [0.1, 0.15) is 0 Å². The fourth-order valence-corrected chi connectivity index (χ4v) is 2.07. The average Bonchev–Trinajstić information content (AvgIpc) is 2.31. The van der Waals surface area contributed by atoms with E-state index in [1.165, 1.54) is 70.6 Å². The first-order chi connectivity index (χ1) is 7.81. The minimum Gasteiger partial charge on any atom is -0.396 e. The standard InChI is InChI=1S/C15H32O/c1-3-4-5-6-7-8-9-10-11-12-13-15(2)14-16/h15-16H,3-14H2,1-2H3/t15-/m0/s1. The van der Waals surface area contributed by atoms with Crippen molar-refractivity contribution in [3.63, 3.8) is 0 Å². The van der Waals surface area contributed by atoms with Crippen molar-refractivity contribution in [3.05, 3.63) is 0 Å². The molecule has 0 bridgehead atoms. The van der Waals surface area contributed by atoms with Gasteiger partial charge in [-0.2, -0.15) is 0 Å². The van der Waals surface area contributed by atoms with Crippen LogP contribution in [0.1, 0.15) is 84.5 Å². The molecule has 0 radical (unpaired) electrons. The van der Waals surface area contributed by atoms with Crippen molar-refractivity contribution >= 4 is 0 Å². The van der Waals surface area contributed by atoms with E-state index in [-0.39, 0.29) is 0 Å². The van der Waals surface area contributed by atoms with E-state index >= 15 is 0 Å². The van der Waals surface area contributed by atoms with Crippen LogP contribution in [0.5, 0.6) is 0 Å². The highest BCUT2D eigenvalue weighted by atomic mass is 16.3. The second-order valence-corrected chi connectivity index (χ2v) is 5.26. The summed E-state index contributed by atoms with van der Waals surface area (Å²) in [4.78, 5) is 0. The Hall–Kier alpha value is -0.0400. The summed E-state index contributed by atoms with van der Waals surface area (Å²) in [7, 11) is 0. The predicted octanol–water partition coefficient (Wildman–Crippen LogP) is 4.93. The largest absolute Gasteiger partial charge is 0.396 e. The zero-order valence-electron chi connectivity index (χ0n) is 11.5. The molecule has 1 heteroatoms. The topological polar surface area (TPSA) is 20.2 Å². The normalized spacial score (nSPS) is 12.9. The van der Waals surface area contributed by atoms with Gasteiger partial charge in [-0.3, -0.25) is 0 Å². The van der Waals surface area contributed by atoms with Crippen LogP contribution in [0, 0.1) is 5.92 Å². The molecular weight excluding hydrogens is 196 g/mol. The summed E-state index contributed by atoms with van der Waals surface area (Å²) < 4.78 is 0. The van der Waals surface area contributed by atoms with Gasteiger partial charge >= 0.3 is 0 Å². The molecule has 0 aromatic carbocycles. The fourth-order valence-electron chi connectivity index (χ4n) is 2.07. The van der Waals surface area contributed by atoms with Gasteiger partial charge in [0.25, 0.3) is 0 Å². The van der Waals surface area contributed by atoms with Gasteiger partial charge in [-0.05, 0) is 12.3 Å². The van der Waals surface area contributed by atoms with E-state index in [4.69, 9.17) is 5.11 Å². The summed E-state index contributed by atoms with van der Waals surface area (Å²) in [6.07, 6.45) is 15.2. The maximum atomic E-state index is 8.88.